The van der Waals surface area contributed by atoms with Crippen molar-refractivity contribution in [1.29, 1.82) is 0 Å². The van der Waals surface area contributed by atoms with Gasteiger partial charge < -0.3 is 0 Å². The fraction of sp³-hybridized carbons (Fsp3) is 0.259. The van der Waals surface area contributed by atoms with Crippen molar-refractivity contribution in [3.05, 3.63) is 99.9 Å². The van der Waals surface area contributed by atoms with Crippen LogP contribution in [0.5, 0.6) is 0 Å². The Morgan fingerprint density at radius 3 is 2.27 bits per heavy atom. The third kappa shape index (κ3) is 3.81. The largest absolute Gasteiger partial charge is 0.206 e. The molecule has 1 aliphatic rings. The predicted octanol–water partition coefficient (Wildman–Crippen LogP) is 7.47. The van der Waals surface area contributed by atoms with E-state index in [9.17, 15) is 13.2 Å². The lowest BCUT2D eigenvalue weighted by Gasteiger charge is -2.20. The van der Waals surface area contributed by atoms with Gasteiger partial charge in [-0.15, -0.1) is 0 Å². The van der Waals surface area contributed by atoms with Gasteiger partial charge in [-0.25, -0.2) is 13.2 Å². The molecule has 0 atom stereocenters. The van der Waals surface area contributed by atoms with Gasteiger partial charge in [-0.1, -0.05) is 62.7 Å². The molecule has 1 aliphatic carbocycles. The number of hydrogen-bond donors (Lipinski definition) is 0. The van der Waals surface area contributed by atoms with E-state index in [1.165, 1.54) is 29.3 Å². The van der Waals surface area contributed by atoms with Gasteiger partial charge in [0.1, 0.15) is 5.82 Å². The first-order chi connectivity index (χ1) is 14.5. The highest BCUT2D eigenvalue weighted by molar-refractivity contribution is 5.73. The molecule has 3 aromatic carbocycles. The van der Waals surface area contributed by atoms with Crippen LogP contribution in [0.2, 0.25) is 0 Å². The van der Waals surface area contributed by atoms with Crippen LogP contribution in [0.4, 0.5) is 13.2 Å². The fourth-order valence-corrected chi connectivity index (χ4v) is 4.20. The third-order valence-corrected chi connectivity index (χ3v) is 5.94. The second-order valence-corrected chi connectivity index (χ2v) is 7.91. The molecule has 0 N–H and O–H groups in total. The van der Waals surface area contributed by atoms with Crippen molar-refractivity contribution >= 4 is 5.57 Å². The number of fused-ring (bicyclic) bond motifs is 1. The van der Waals surface area contributed by atoms with Gasteiger partial charge in [0, 0.05) is 11.1 Å². The normalized spacial score (nSPS) is 13.2. The lowest BCUT2D eigenvalue weighted by Crippen LogP contribution is -2.05. The maximum absolute atomic E-state index is 14.9. The summed E-state index contributed by atoms with van der Waals surface area (Å²) >= 11 is 0. The SMILES string of the molecule is CCCc1ccc(C2=CCc3cc(-c4ccc(CC)c(F)c4F)c(F)cc3C2)cc1. The minimum Gasteiger partial charge on any atom is -0.206 e. The Labute approximate surface area is 176 Å². The van der Waals surface area contributed by atoms with Gasteiger partial charge in [0.25, 0.3) is 0 Å². The van der Waals surface area contributed by atoms with E-state index in [0.29, 0.717) is 24.8 Å². The average Bonchev–Trinajstić information content (AvgIpc) is 2.76. The summed E-state index contributed by atoms with van der Waals surface area (Å²) in [4.78, 5) is 0. The number of allylic oxidation sites excluding steroid dienone is 2. The highest BCUT2D eigenvalue weighted by atomic mass is 19.2. The number of hydrogen-bond acceptors (Lipinski definition) is 0. The first-order valence-corrected chi connectivity index (χ1v) is 10.6. The highest BCUT2D eigenvalue weighted by Crippen LogP contribution is 2.35. The molecule has 30 heavy (non-hydrogen) atoms. The van der Waals surface area contributed by atoms with Crippen molar-refractivity contribution in [3.8, 4) is 11.1 Å². The van der Waals surface area contributed by atoms with Crippen molar-refractivity contribution in [2.45, 2.75) is 46.0 Å². The van der Waals surface area contributed by atoms with Crippen LogP contribution >= 0.6 is 0 Å². The maximum atomic E-state index is 14.9. The molecular formula is C27H25F3. The zero-order valence-corrected chi connectivity index (χ0v) is 17.4. The predicted molar refractivity (Wildman–Crippen MR) is 117 cm³/mol. The second-order valence-electron chi connectivity index (χ2n) is 7.91. The van der Waals surface area contributed by atoms with Crippen LogP contribution in [-0.4, -0.2) is 0 Å². The highest BCUT2D eigenvalue weighted by Gasteiger charge is 2.20. The zero-order chi connectivity index (χ0) is 21.3. The summed E-state index contributed by atoms with van der Waals surface area (Å²) in [5, 5.41) is 0. The van der Waals surface area contributed by atoms with E-state index in [4.69, 9.17) is 0 Å². The molecule has 4 rings (SSSR count). The second kappa shape index (κ2) is 8.51. The Balaban J connectivity index is 1.65. The molecule has 3 heteroatoms. The molecule has 0 amide bonds. The summed E-state index contributed by atoms with van der Waals surface area (Å²) in [6, 6.07) is 14.7. The fourth-order valence-electron chi connectivity index (χ4n) is 4.20. The van der Waals surface area contributed by atoms with Crippen LogP contribution in [0.3, 0.4) is 0 Å². The molecule has 0 spiro atoms. The van der Waals surface area contributed by atoms with Gasteiger partial charge in [0.2, 0.25) is 0 Å². The monoisotopic (exact) mass is 406 g/mol. The first kappa shape index (κ1) is 20.5. The van der Waals surface area contributed by atoms with Crippen LogP contribution < -0.4 is 0 Å². The lowest BCUT2D eigenvalue weighted by molar-refractivity contribution is 0.501. The molecule has 0 fully saturated rings. The van der Waals surface area contributed by atoms with E-state index in [-0.39, 0.29) is 11.1 Å². The van der Waals surface area contributed by atoms with Crippen molar-refractivity contribution in [2.24, 2.45) is 0 Å². The topological polar surface area (TPSA) is 0 Å². The van der Waals surface area contributed by atoms with Gasteiger partial charge >= 0.3 is 0 Å². The number of benzene rings is 3. The molecule has 0 saturated heterocycles. The Bertz CT molecular complexity index is 1110. The Morgan fingerprint density at radius 1 is 0.800 bits per heavy atom. The minimum atomic E-state index is -0.979. The summed E-state index contributed by atoms with van der Waals surface area (Å²) in [5.41, 5.74) is 5.88. The molecule has 0 radical (unpaired) electrons. The molecule has 0 bridgehead atoms. The Morgan fingerprint density at radius 2 is 1.57 bits per heavy atom. The Kier molecular flexibility index (Phi) is 5.80. The van der Waals surface area contributed by atoms with Gasteiger partial charge in [-0.05, 0) is 71.2 Å². The van der Waals surface area contributed by atoms with Crippen molar-refractivity contribution in [3.63, 3.8) is 0 Å². The molecule has 0 aliphatic heterocycles. The van der Waals surface area contributed by atoms with Gasteiger partial charge in [0.05, 0.1) is 0 Å². The summed E-state index contributed by atoms with van der Waals surface area (Å²) in [5.74, 6) is -2.39. The van der Waals surface area contributed by atoms with E-state index < -0.39 is 17.5 Å². The minimum absolute atomic E-state index is 0.0220. The number of halogens is 3. The van der Waals surface area contributed by atoms with Crippen LogP contribution in [0.25, 0.3) is 16.7 Å². The van der Waals surface area contributed by atoms with E-state index >= 15 is 0 Å². The molecule has 0 nitrogen and oxygen atoms in total. The van der Waals surface area contributed by atoms with Gasteiger partial charge in [-0.3, -0.25) is 0 Å². The standard InChI is InChI=1S/C27H25F3/c1-3-5-17-6-8-19(9-7-17)20-10-11-21-15-24(25(28)16-22(21)14-20)23-13-12-18(4-2)26(29)27(23)30/h6-10,12-13,15-16H,3-5,11,14H2,1-2H3. The summed E-state index contributed by atoms with van der Waals surface area (Å²) in [6.07, 6.45) is 5.99. The van der Waals surface area contributed by atoms with E-state index in [1.807, 2.05) is 0 Å². The van der Waals surface area contributed by atoms with Crippen LogP contribution in [0, 0.1) is 17.5 Å². The van der Waals surface area contributed by atoms with Gasteiger partial charge in [-0.2, -0.15) is 0 Å². The molecular weight excluding hydrogens is 381 g/mol. The Hall–Kier alpha value is -2.81. The number of rotatable bonds is 5. The quantitative estimate of drug-likeness (QED) is 0.412. The van der Waals surface area contributed by atoms with Crippen molar-refractivity contribution < 1.29 is 13.2 Å². The van der Waals surface area contributed by atoms with Crippen LogP contribution in [0.1, 0.15) is 48.1 Å². The first-order valence-electron chi connectivity index (χ1n) is 10.6. The molecule has 154 valence electrons. The molecule has 0 heterocycles. The maximum Gasteiger partial charge on any atom is 0.167 e. The van der Waals surface area contributed by atoms with Crippen molar-refractivity contribution in [2.75, 3.05) is 0 Å². The van der Waals surface area contributed by atoms with E-state index in [1.54, 1.807) is 13.0 Å². The van der Waals surface area contributed by atoms with Crippen molar-refractivity contribution in [1.82, 2.24) is 0 Å². The van der Waals surface area contributed by atoms with Gasteiger partial charge in [0.15, 0.2) is 11.6 Å². The van der Waals surface area contributed by atoms with Crippen LogP contribution in [-0.2, 0) is 25.7 Å². The van der Waals surface area contributed by atoms with E-state index in [0.717, 1.165) is 29.5 Å². The average molecular weight is 406 g/mol. The zero-order valence-electron chi connectivity index (χ0n) is 17.4. The summed E-state index contributed by atoms with van der Waals surface area (Å²) < 4.78 is 43.7. The summed E-state index contributed by atoms with van der Waals surface area (Å²) in [6.45, 7) is 3.92. The third-order valence-electron chi connectivity index (χ3n) is 5.94. The summed E-state index contributed by atoms with van der Waals surface area (Å²) in [7, 11) is 0. The molecule has 0 unspecified atom stereocenters. The van der Waals surface area contributed by atoms with E-state index in [2.05, 4.69) is 37.3 Å². The molecule has 3 aromatic rings. The lowest BCUT2D eigenvalue weighted by atomic mass is 9.85. The molecule has 0 saturated carbocycles. The smallest absolute Gasteiger partial charge is 0.167 e. The van der Waals surface area contributed by atoms with Crippen LogP contribution in [0.15, 0.2) is 54.6 Å². The molecule has 0 aromatic heterocycles. The number of aryl methyl sites for hydroxylation is 2.